The predicted molar refractivity (Wildman–Crippen MR) is 63.2 cm³/mol. The Morgan fingerprint density at radius 2 is 1.92 bits per heavy atom. The van der Waals surface area contributed by atoms with Crippen LogP contribution >= 0.6 is 27.3 Å². The fourth-order valence-corrected chi connectivity index (χ4v) is 2.81. The first kappa shape index (κ1) is 11.2. The van der Waals surface area contributed by atoms with Gasteiger partial charge in [0, 0.05) is 4.88 Å². The van der Waals surface area contributed by atoms with Gasteiger partial charge in [0.25, 0.3) is 0 Å². The van der Waals surface area contributed by atoms with Crippen LogP contribution in [-0.4, -0.2) is 6.54 Å². The van der Waals surface area contributed by atoms with Crippen molar-refractivity contribution >= 4 is 27.3 Å². The van der Waals surface area contributed by atoms with E-state index in [-0.39, 0.29) is 0 Å². The molecule has 0 atom stereocenters. The summed E-state index contributed by atoms with van der Waals surface area (Å²) in [5.74, 6) is 0. The number of aryl methyl sites for hydroxylation is 1. The maximum absolute atomic E-state index is 5.42. The van der Waals surface area contributed by atoms with Gasteiger partial charge in [-0.2, -0.15) is 0 Å². The molecule has 0 saturated heterocycles. The molecule has 0 fully saturated rings. The zero-order valence-electron chi connectivity index (χ0n) is 7.76. The summed E-state index contributed by atoms with van der Waals surface area (Å²) in [6.45, 7) is 0.838. The number of hydrogen-bond acceptors (Lipinski definition) is 2. The third-order valence-electron chi connectivity index (χ3n) is 2.01. The van der Waals surface area contributed by atoms with Gasteiger partial charge in [0.05, 0.1) is 3.79 Å². The monoisotopic (exact) mass is 261 g/mol. The van der Waals surface area contributed by atoms with Gasteiger partial charge in [-0.25, -0.2) is 0 Å². The molecule has 0 unspecified atom stereocenters. The summed E-state index contributed by atoms with van der Waals surface area (Å²) in [5.41, 5.74) is 5.42. The average molecular weight is 262 g/mol. The minimum absolute atomic E-state index is 0.838. The van der Waals surface area contributed by atoms with Gasteiger partial charge in [0.2, 0.25) is 0 Å². The second-order valence-electron chi connectivity index (χ2n) is 3.16. The van der Waals surface area contributed by atoms with Crippen LogP contribution in [0.3, 0.4) is 0 Å². The Balaban J connectivity index is 2.06. The van der Waals surface area contributed by atoms with E-state index in [2.05, 4.69) is 28.1 Å². The highest BCUT2D eigenvalue weighted by molar-refractivity contribution is 9.11. The van der Waals surface area contributed by atoms with Crippen molar-refractivity contribution in [2.24, 2.45) is 5.73 Å². The highest BCUT2D eigenvalue weighted by Gasteiger charge is 1.96. The standard InChI is InChI=1S/C10H16BrNS/c11-10-7-6-9(13-10)5-3-1-2-4-8-12/h6-7H,1-5,8,12H2. The molecule has 0 amide bonds. The lowest BCUT2D eigenvalue weighted by Gasteiger charge is -1.97. The highest BCUT2D eigenvalue weighted by atomic mass is 79.9. The summed E-state index contributed by atoms with van der Waals surface area (Å²) in [4.78, 5) is 1.49. The Hall–Kier alpha value is 0.140. The van der Waals surface area contributed by atoms with Crippen LogP contribution < -0.4 is 5.73 Å². The van der Waals surface area contributed by atoms with Crippen LogP contribution in [0.2, 0.25) is 0 Å². The molecule has 0 aromatic carbocycles. The molecule has 1 aromatic heterocycles. The van der Waals surface area contributed by atoms with E-state index in [4.69, 9.17) is 5.73 Å². The summed E-state index contributed by atoms with van der Waals surface area (Å²) < 4.78 is 1.24. The molecule has 2 N–H and O–H groups in total. The van der Waals surface area contributed by atoms with Crippen molar-refractivity contribution in [1.82, 2.24) is 0 Å². The first-order chi connectivity index (χ1) is 6.33. The molecule has 1 aromatic rings. The molecule has 0 aliphatic carbocycles. The van der Waals surface area contributed by atoms with E-state index in [1.807, 2.05) is 11.3 Å². The SMILES string of the molecule is NCCCCCCc1ccc(Br)s1. The molecule has 1 heterocycles. The first-order valence-electron chi connectivity index (χ1n) is 4.77. The smallest absolute Gasteiger partial charge is 0.0701 e. The lowest BCUT2D eigenvalue weighted by atomic mass is 10.1. The van der Waals surface area contributed by atoms with Crippen LogP contribution in [0.1, 0.15) is 30.6 Å². The molecule has 1 rings (SSSR count). The number of rotatable bonds is 6. The Morgan fingerprint density at radius 1 is 1.15 bits per heavy atom. The van der Waals surface area contributed by atoms with Gasteiger partial charge in [0.15, 0.2) is 0 Å². The molecule has 0 saturated carbocycles. The van der Waals surface area contributed by atoms with E-state index in [0.29, 0.717) is 0 Å². The number of nitrogens with two attached hydrogens (primary N) is 1. The van der Waals surface area contributed by atoms with Crippen LogP contribution in [0.5, 0.6) is 0 Å². The molecule has 0 aliphatic heterocycles. The predicted octanol–water partition coefficient (Wildman–Crippen LogP) is 3.57. The van der Waals surface area contributed by atoms with Crippen LogP contribution in [0, 0.1) is 0 Å². The molecule has 13 heavy (non-hydrogen) atoms. The van der Waals surface area contributed by atoms with Crippen molar-refractivity contribution in [3.05, 3.63) is 20.8 Å². The van der Waals surface area contributed by atoms with E-state index in [1.54, 1.807) is 0 Å². The quantitative estimate of drug-likeness (QED) is 0.779. The third-order valence-corrected chi connectivity index (χ3v) is 3.69. The van der Waals surface area contributed by atoms with E-state index < -0.39 is 0 Å². The largest absolute Gasteiger partial charge is 0.330 e. The Morgan fingerprint density at radius 3 is 2.54 bits per heavy atom. The molecule has 1 nitrogen and oxygen atoms in total. The molecular formula is C10H16BrNS. The zero-order valence-corrected chi connectivity index (χ0v) is 10.2. The zero-order chi connectivity index (χ0) is 9.52. The molecule has 74 valence electrons. The van der Waals surface area contributed by atoms with E-state index in [9.17, 15) is 0 Å². The second kappa shape index (κ2) is 6.57. The first-order valence-corrected chi connectivity index (χ1v) is 6.38. The summed E-state index contributed by atoms with van der Waals surface area (Å²) in [6, 6.07) is 4.33. The lowest BCUT2D eigenvalue weighted by Crippen LogP contribution is -1.97. The number of halogens is 1. The van der Waals surface area contributed by atoms with Gasteiger partial charge in [-0.1, -0.05) is 12.8 Å². The molecule has 0 radical (unpaired) electrons. The van der Waals surface area contributed by atoms with Crippen molar-refractivity contribution in [3.8, 4) is 0 Å². The van der Waals surface area contributed by atoms with E-state index >= 15 is 0 Å². The highest BCUT2D eigenvalue weighted by Crippen LogP contribution is 2.23. The van der Waals surface area contributed by atoms with Crippen molar-refractivity contribution in [2.75, 3.05) is 6.54 Å². The minimum atomic E-state index is 0.838. The van der Waals surface area contributed by atoms with Gasteiger partial charge in [-0.3, -0.25) is 0 Å². The summed E-state index contributed by atoms with van der Waals surface area (Å²) >= 11 is 5.31. The number of hydrogen-bond donors (Lipinski definition) is 1. The molecule has 0 bridgehead atoms. The van der Waals surface area contributed by atoms with Gasteiger partial charge >= 0.3 is 0 Å². The Bertz CT molecular complexity index is 235. The fraction of sp³-hybridized carbons (Fsp3) is 0.600. The summed E-state index contributed by atoms with van der Waals surface area (Å²) in [5, 5.41) is 0. The third kappa shape index (κ3) is 4.79. The van der Waals surface area contributed by atoms with Crippen LogP contribution in [0.15, 0.2) is 15.9 Å². The molecule has 3 heteroatoms. The normalized spacial score (nSPS) is 10.6. The van der Waals surface area contributed by atoms with E-state index in [1.165, 1.54) is 40.8 Å². The van der Waals surface area contributed by atoms with Crippen molar-refractivity contribution in [2.45, 2.75) is 32.1 Å². The Kier molecular flexibility index (Phi) is 5.67. The van der Waals surface area contributed by atoms with Crippen molar-refractivity contribution in [1.29, 1.82) is 0 Å². The van der Waals surface area contributed by atoms with E-state index in [0.717, 1.165) is 6.54 Å². The number of thiophene rings is 1. The van der Waals surface area contributed by atoms with Gasteiger partial charge in [-0.15, -0.1) is 11.3 Å². The van der Waals surface area contributed by atoms with Gasteiger partial charge in [-0.05, 0) is 53.9 Å². The van der Waals surface area contributed by atoms with Crippen LogP contribution in [0.25, 0.3) is 0 Å². The average Bonchev–Trinajstić information content (AvgIpc) is 2.51. The lowest BCUT2D eigenvalue weighted by molar-refractivity contribution is 0.649. The molecule has 0 aliphatic rings. The van der Waals surface area contributed by atoms with Gasteiger partial charge < -0.3 is 5.73 Å². The van der Waals surface area contributed by atoms with Crippen LogP contribution in [-0.2, 0) is 6.42 Å². The Labute approximate surface area is 92.5 Å². The molecule has 0 spiro atoms. The minimum Gasteiger partial charge on any atom is -0.330 e. The van der Waals surface area contributed by atoms with Crippen LogP contribution in [0.4, 0.5) is 0 Å². The number of unbranched alkanes of at least 4 members (excludes halogenated alkanes) is 3. The second-order valence-corrected chi connectivity index (χ2v) is 5.71. The molecular weight excluding hydrogens is 246 g/mol. The fourth-order valence-electron chi connectivity index (χ4n) is 1.28. The maximum Gasteiger partial charge on any atom is 0.0701 e. The van der Waals surface area contributed by atoms with Crippen molar-refractivity contribution < 1.29 is 0 Å². The summed E-state index contributed by atoms with van der Waals surface area (Å²) in [7, 11) is 0. The topological polar surface area (TPSA) is 26.0 Å². The van der Waals surface area contributed by atoms with Crippen molar-refractivity contribution in [3.63, 3.8) is 0 Å². The summed E-state index contributed by atoms with van der Waals surface area (Å²) in [6.07, 6.45) is 6.29. The van der Waals surface area contributed by atoms with Gasteiger partial charge in [0.1, 0.15) is 0 Å². The maximum atomic E-state index is 5.42.